The topological polar surface area (TPSA) is 89.3 Å². The molecule has 2 N–H and O–H groups in total. The maximum Gasteiger partial charge on any atom is 0.271 e. The van der Waals surface area contributed by atoms with Gasteiger partial charge in [-0.2, -0.15) is 5.10 Å². The lowest BCUT2D eigenvalue weighted by molar-refractivity contribution is -0.918. The highest BCUT2D eigenvalue weighted by Gasteiger charge is 2.20. The second kappa shape index (κ2) is 11.4. The van der Waals surface area contributed by atoms with Crippen LogP contribution in [0.1, 0.15) is 37.4 Å². The minimum absolute atomic E-state index is 0.0946. The molecule has 1 fully saturated rings. The molecule has 0 radical (unpaired) electrons. The Morgan fingerprint density at radius 1 is 0.882 bits per heavy atom. The molecular weight excluding hydrogens is 428 g/mol. The van der Waals surface area contributed by atoms with E-state index in [1.165, 1.54) is 29.5 Å². The van der Waals surface area contributed by atoms with Gasteiger partial charge in [0.1, 0.15) is 6.54 Å². The highest BCUT2D eigenvalue weighted by atomic mass is 16.4. The quantitative estimate of drug-likeness (QED) is 0.386. The number of nitrogens with one attached hydrogen (secondary N) is 2. The molecule has 174 valence electrons. The number of carboxylic acid groups (broad SMARTS) is 1. The van der Waals surface area contributed by atoms with E-state index in [1.807, 2.05) is 24.3 Å². The standard InChI is InChI=1S/C27H28N4O3/c32-26(29-28-18-21-6-12-25(13-7-21)27(33)34)24-10-8-23(9-11-24)20-31-16-14-30(15-17-31)19-22-4-2-1-3-5-22/h1-13,18H,14-17,19-20H2,(H,29,32)(H,33,34)/b28-18+. The average molecular weight is 457 g/mol. The van der Waals surface area contributed by atoms with Crippen molar-refractivity contribution in [3.8, 4) is 0 Å². The first-order valence-corrected chi connectivity index (χ1v) is 11.4. The van der Waals surface area contributed by atoms with Gasteiger partial charge in [0.05, 0.1) is 25.3 Å². The van der Waals surface area contributed by atoms with E-state index >= 15 is 0 Å². The van der Waals surface area contributed by atoms with Crippen molar-refractivity contribution in [2.24, 2.45) is 5.10 Å². The third-order valence-corrected chi connectivity index (χ3v) is 6.01. The molecule has 3 aromatic carbocycles. The van der Waals surface area contributed by atoms with E-state index in [9.17, 15) is 14.7 Å². The van der Waals surface area contributed by atoms with Gasteiger partial charge in [0, 0.05) is 30.8 Å². The number of carboxylic acids is 1. The summed E-state index contributed by atoms with van der Waals surface area (Å²) in [6.45, 7) is 6.32. The normalized spacial score (nSPS) is 14.8. The largest absolute Gasteiger partial charge is 0.545 e. The molecule has 1 aliphatic rings. The summed E-state index contributed by atoms with van der Waals surface area (Å²) in [5.74, 6) is -1.52. The van der Waals surface area contributed by atoms with Crippen molar-refractivity contribution in [3.63, 3.8) is 0 Å². The maximum atomic E-state index is 12.3. The monoisotopic (exact) mass is 456 g/mol. The smallest absolute Gasteiger partial charge is 0.271 e. The number of amides is 1. The van der Waals surface area contributed by atoms with Crippen molar-refractivity contribution in [2.45, 2.75) is 13.1 Å². The van der Waals surface area contributed by atoms with Crippen LogP contribution in [0, 0.1) is 0 Å². The van der Waals surface area contributed by atoms with Crippen LogP contribution >= 0.6 is 0 Å². The van der Waals surface area contributed by atoms with Crippen molar-refractivity contribution in [2.75, 3.05) is 26.2 Å². The minimum Gasteiger partial charge on any atom is -0.545 e. The van der Waals surface area contributed by atoms with Crippen molar-refractivity contribution in [3.05, 3.63) is 107 Å². The van der Waals surface area contributed by atoms with E-state index in [4.69, 9.17) is 0 Å². The van der Waals surface area contributed by atoms with Gasteiger partial charge in [0.2, 0.25) is 0 Å². The molecule has 0 saturated carbocycles. The van der Waals surface area contributed by atoms with Crippen LogP contribution in [0.15, 0.2) is 84.0 Å². The molecule has 0 bridgehead atoms. The Morgan fingerprint density at radius 2 is 1.53 bits per heavy atom. The van der Waals surface area contributed by atoms with Gasteiger partial charge in [0.25, 0.3) is 5.91 Å². The Balaban J connectivity index is 1.22. The maximum absolute atomic E-state index is 12.3. The number of benzene rings is 3. The zero-order valence-corrected chi connectivity index (χ0v) is 18.9. The first-order chi connectivity index (χ1) is 16.6. The number of hydrogen-bond donors (Lipinski definition) is 2. The molecule has 34 heavy (non-hydrogen) atoms. The van der Waals surface area contributed by atoms with Crippen LogP contribution in [0.5, 0.6) is 0 Å². The number of quaternary nitrogens is 1. The Kier molecular flexibility index (Phi) is 7.80. The summed E-state index contributed by atoms with van der Waals surface area (Å²) in [4.78, 5) is 27.2. The second-order valence-electron chi connectivity index (χ2n) is 8.49. The lowest BCUT2D eigenvalue weighted by Gasteiger charge is -2.32. The summed E-state index contributed by atoms with van der Waals surface area (Å²) in [5.41, 5.74) is 6.37. The molecule has 7 nitrogen and oxygen atoms in total. The summed E-state index contributed by atoms with van der Waals surface area (Å²) >= 11 is 0. The molecule has 1 aliphatic heterocycles. The Labute approximate surface area is 199 Å². The van der Waals surface area contributed by atoms with Gasteiger partial charge >= 0.3 is 0 Å². The van der Waals surface area contributed by atoms with Crippen molar-refractivity contribution >= 4 is 18.1 Å². The van der Waals surface area contributed by atoms with Gasteiger partial charge in [-0.15, -0.1) is 0 Å². The van der Waals surface area contributed by atoms with Crippen molar-refractivity contribution < 1.29 is 19.6 Å². The molecule has 1 heterocycles. The average Bonchev–Trinajstić information content (AvgIpc) is 2.86. The zero-order chi connectivity index (χ0) is 23.8. The van der Waals surface area contributed by atoms with Gasteiger partial charge in [-0.1, -0.05) is 66.7 Å². The number of piperazine rings is 1. The number of nitrogens with zero attached hydrogens (tertiary/aromatic N) is 2. The Hall–Kier alpha value is -3.81. The minimum atomic E-state index is -1.23. The number of carbonyl (C=O) groups excluding carboxylic acids is 2. The van der Waals surface area contributed by atoms with Crippen molar-refractivity contribution in [1.29, 1.82) is 0 Å². The summed E-state index contributed by atoms with van der Waals surface area (Å²) in [7, 11) is 0. The van der Waals surface area contributed by atoms with Gasteiger partial charge in [-0.3, -0.25) is 9.69 Å². The molecule has 4 rings (SSSR count). The lowest BCUT2D eigenvalue weighted by atomic mass is 10.1. The Morgan fingerprint density at radius 3 is 2.18 bits per heavy atom. The third-order valence-electron chi connectivity index (χ3n) is 6.01. The van der Waals surface area contributed by atoms with Gasteiger partial charge in [-0.05, 0) is 28.8 Å². The lowest BCUT2D eigenvalue weighted by Crippen LogP contribution is -3.13. The van der Waals surface area contributed by atoms with E-state index in [2.05, 4.69) is 45.8 Å². The fraction of sp³-hybridized carbons (Fsp3) is 0.222. The van der Waals surface area contributed by atoms with Crippen LogP contribution in [-0.4, -0.2) is 49.2 Å². The molecule has 0 spiro atoms. The number of carbonyl (C=O) groups is 2. The van der Waals surface area contributed by atoms with E-state index < -0.39 is 5.97 Å². The molecule has 0 unspecified atom stereocenters. The number of hydrazone groups is 1. The van der Waals surface area contributed by atoms with E-state index in [-0.39, 0.29) is 11.5 Å². The summed E-state index contributed by atoms with van der Waals surface area (Å²) < 4.78 is 0. The fourth-order valence-electron chi connectivity index (χ4n) is 4.04. The first-order valence-electron chi connectivity index (χ1n) is 11.4. The van der Waals surface area contributed by atoms with Crippen LogP contribution in [0.3, 0.4) is 0 Å². The molecule has 7 heteroatoms. The molecule has 1 amide bonds. The highest BCUT2D eigenvalue weighted by Crippen LogP contribution is 2.06. The fourth-order valence-corrected chi connectivity index (χ4v) is 4.04. The van der Waals surface area contributed by atoms with E-state index in [0.29, 0.717) is 11.1 Å². The van der Waals surface area contributed by atoms with E-state index in [1.54, 1.807) is 17.0 Å². The van der Waals surface area contributed by atoms with E-state index in [0.717, 1.165) is 39.3 Å². The summed E-state index contributed by atoms with van der Waals surface area (Å²) in [6.07, 6.45) is 1.46. The number of aromatic carboxylic acids is 1. The molecule has 0 aliphatic carbocycles. The van der Waals surface area contributed by atoms with Crippen LogP contribution in [0.4, 0.5) is 0 Å². The second-order valence-corrected chi connectivity index (χ2v) is 8.49. The molecule has 3 aromatic rings. The van der Waals surface area contributed by atoms with Crippen LogP contribution in [0.2, 0.25) is 0 Å². The van der Waals surface area contributed by atoms with Gasteiger partial charge < -0.3 is 14.8 Å². The SMILES string of the molecule is O=C([O-])c1ccc(/C=N/NC(=O)c2ccc(C[NH+]3CCN(Cc4ccccc4)CC3)cc2)cc1. The predicted molar refractivity (Wildman–Crippen MR) is 128 cm³/mol. The van der Waals surface area contributed by atoms with Crippen molar-refractivity contribution in [1.82, 2.24) is 10.3 Å². The number of rotatable bonds is 8. The Bertz CT molecular complexity index is 1120. The van der Waals surface area contributed by atoms with Gasteiger partial charge in [0.15, 0.2) is 0 Å². The highest BCUT2D eigenvalue weighted by molar-refractivity contribution is 5.95. The third kappa shape index (κ3) is 6.60. The first kappa shape index (κ1) is 23.4. The van der Waals surface area contributed by atoms with Crippen LogP contribution in [0.25, 0.3) is 0 Å². The molecular formula is C27H28N4O3. The predicted octanol–water partition coefficient (Wildman–Crippen LogP) is 0.715. The number of hydrogen-bond acceptors (Lipinski definition) is 5. The molecule has 1 saturated heterocycles. The molecule has 0 atom stereocenters. The zero-order valence-electron chi connectivity index (χ0n) is 18.9. The molecule has 0 aromatic heterocycles. The van der Waals surface area contributed by atoms with Crippen LogP contribution < -0.4 is 15.4 Å². The summed E-state index contributed by atoms with van der Waals surface area (Å²) in [5, 5.41) is 14.7. The van der Waals surface area contributed by atoms with Crippen LogP contribution in [-0.2, 0) is 13.1 Å². The summed E-state index contributed by atoms with van der Waals surface area (Å²) in [6, 6.07) is 24.3. The van der Waals surface area contributed by atoms with Gasteiger partial charge in [-0.25, -0.2) is 5.43 Å².